The molecule has 0 aliphatic carbocycles. The van der Waals surface area contributed by atoms with E-state index in [0.717, 1.165) is 26.2 Å². The Bertz CT molecular complexity index is 587. The van der Waals surface area contributed by atoms with E-state index in [1.54, 1.807) is 0 Å². The highest BCUT2D eigenvalue weighted by Gasteiger charge is 2.14. The van der Waals surface area contributed by atoms with Crippen molar-refractivity contribution < 1.29 is 0 Å². The third kappa shape index (κ3) is 3.27. The van der Waals surface area contributed by atoms with Gasteiger partial charge in [0.15, 0.2) is 0 Å². The van der Waals surface area contributed by atoms with E-state index in [1.807, 2.05) is 0 Å². The van der Waals surface area contributed by atoms with E-state index in [0.29, 0.717) is 5.92 Å². The minimum absolute atomic E-state index is 0.599. The number of hydrogen-bond donors (Lipinski definition) is 1. The van der Waals surface area contributed by atoms with Gasteiger partial charge in [-0.25, -0.2) is 0 Å². The SMILES string of the molecule is CC(C)c1ccc(CN2CCNCc3ccccc32)cc1. The number of hydrogen-bond acceptors (Lipinski definition) is 2. The van der Waals surface area contributed by atoms with Crippen molar-refractivity contribution in [2.45, 2.75) is 32.9 Å². The van der Waals surface area contributed by atoms with Gasteiger partial charge in [0.1, 0.15) is 0 Å². The van der Waals surface area contributed by atoms with Crippen LogP contribution in [0.4, 0.5) is 5.69 Å². The second kappa shape index (κ2) is 6.31. The second-order valence-electron chi connectivity index (χ2n) is 6.12. The van der Waals surface area contributed by atoms with Gasteiger partial charge in [-0.2, -0.15) is 0 Å². The predicted octanol–water partition coefficient (Wildman–Crippen LogP) is 3.92. The molecule has 1 heterocycles. The summed E-state index contributed by atoms with van der Waals surface area (Å²) in [6.07, 6.45) is 0. The summed E-state index contributed by atoms with van der Waals surface area (Å²) in [5, 5.41) is 3.50. The average molecular weight is 280 g/mol. The molecule has 0 bridgehead atoms. The van der Waals surface area contributed by atoms with Crippen molar-refractivity contribution in [3.8, 4) is 0 Å². The zero-order chi connectivity index (χ0) is 14.7. The summed E-state index contributed by atoms with van der Waals surface area (Å²) in [4.78, 5) is 2.49. The van der Waals surface area contributed by atoms with Crippen LogP contribution in [0.3, 0.4) is 0 Å². The van der Waals surface area contributed by atoms with Gasteiger partial charge in [0.05, 0.1) is 0 Å². The molecule has 0 amide bonds. The van der Waals surface area contributed by atoms with E-state index in [4.69, 9.17) is 0 Å². The Balaban J connectivity index is 1.81. The third-order valence-corrected chi connectivity index (χ3v) is 4.23. The van der Waals surface area contributed by atoms with Gasteiger partial charge in [-0.05, 0) is 28.7 Å². The predicted molar refractivity (Wildman–Crippen MR) is 89.7 cm³/mol. The fourth-order valence-corrected chi connectivity index (χ4v) is 2.92. The average Bonchev–Trinajstić information content (AvgIpc) is 2.71. The van der Waals surface area contributed by atoms with Gasteiger partial charge in [0, 0.05) is 31.9 Å². The molecule has 2 nitrogen and oxygen atoms in total. The van der Waals surface area contributed by atoms with Crippen molar-refractivity contribution in [1.82, 2.24) is 5.32 Å². The van der Waals surface area contributed by atoms with Gasteiger partial charge in [-0.3, -0.25) is 0 Å². The molecule has 110 valence electrons. The second-order valence-corrected chi connectivity index (χ2v) is 6.12. The molecular formula is C19H24N2. The smallest absolute Gasteiger partial charge is 0.0430 e. The van der Waals surface area contributed by atoms with E-state index < -0.39 is 0 Å². The fraction of sp³-hybridized carbons (Fsp3) is 0.368. The molecule has 0 spiro atoms. The maximum atomic E-state index is 3.50. The molecule has 2 aromatic carbocycles. The van der Waals surface area contributed by atoms with Gasteiger partial charge in [-0.15, -0.1) is 0 Å². The van der Waals surface area contributed by atoms with Gasteiger partial charge < -0.3 is 10.2 Å². The molecule has 0 unspecified atom stereocenters. The largest absolute Gasteiger partial charge is 0.366 e. The van der Waals surface area contributed by atoms with E-state index in [2.05, 4.69) is 72.6 Å². The number of nitrogens with one attached hydrogen (secondary N) is 1. The summed E-state index contributed by atoms with van der Waals surface area (Å²) in [6.45, 7) is 8.54. The number of benzene rings is 2. The van der Waals surface area contributed by atoms with Crippen molar-refractivity contribution in [3.05, 3.63) is 65.2 Å². The lowest BCUT2D eigenvalue weighted by atomic mass is 10.0. The highest BCUT2D eigenvalue weighted by Crippen LogP contribution is 2.24. The molecule has 0 saturated carbocycles. The number of para-hydroxylation sites is 1. The number of rotatable bonds is 3. The molecule has 1 aliphatic heterocycles. The first-order chi connectivity index (χ1) is 10.2. The van der Waals surface area contributed by atoms with Crippen LogP contribution in [-0.4, -0.2) is 13.1 Å². The normalized spacial score (nSPS) is 14.9. The van der Waals surface area contributed by atoms with Crippen LogP contribution >= 0.6 is 0 Å². The van der Waals surface area contributed by atoms with Crippen molar-refractivity contribution in [1.29, 1.82) is 0 Å². The topological polar surface area (TPSA) is 15.3 Å². The lowest BCUT2D eigenvalue weighted by Crippen LogP contribution is -2.28. The van der Waals surface area contributed by atoms with Crippen molar-refractivity contribution in [2.24, 2.45) is 0 Å². The quantitative estimate of drug-likeness (QED) is 0.916. The molecule has 21 heavy (non-hydrogen) atoms. The third-order valence-electron chi connectivity index (χ3n) is 4.23. The van der Waals surface area contributed by atoms with Gasteiger partial charge >= 0.3 is 0 Å². The molecule has 0 aromatic heterocycles. The lowest BCUT2D eigenvalue weighted by molar-refractivity contribution is 0.688. The summed E-state index contributed by atoms with van der Waals surface area (Å²) in [6, 6.07) is 17.8. The molecule has 1 N–H and O–H groups in total. The maximum Gasteiger partial charge on any atom is 0.0430 e. The zero-order valence-electron chi connectivity index (χ0n) is 13.0. The van der Waals surface area contributed by atoms with Crippen LogP contribution in [0.2, 0.25) is 0 Å². The molecule has 1 aliphatic rings. The van der Waals surface area contributed by atoms with Crippen molar-refractivity contribution >= 4 is 5.69 Å². The highest BCUT2D eigenvalue weighted by molar-refractivity contribution is 5.54. The number of anilines is 1. The first kappa shape index (κ1) is 14.2. The van der Waals surface area contributed by atoms with Crippen molar-refractivity contribution in [2.75, 3.05) is 18.0 Å². The summed E-state index contributed by atoms with van der Waals surface area (Å²) < 4.78 is 0. The number of fused-ring (bicyclic) bond motifs is 1. The molecule has 0 atom stereocenters. The van der Waals surface area contributed by atoms with Crippen LogP contribution in [0.5, 0.6) is 0 Å². The highest BCUT2D eigenvalue weighted by atomic mass is 15.2. The number of nitrogens with zero attached hydrogens (tertiary/aromatic N) is 1. The van der Waals surface area contributed by atoms with E-state index in [1.165, 1.54) is 22.4 Å². The molecule has 0 fully saturated rings. The van der Waals surface area contributed by atoms with Gasteiger partial charge in [-0.1, -0.05) is 56.3 Å². The van der Waals surface area contributed by atoms with Crippen LogP contribution in [0.15, 0.2) is 48.5 Å². The Kier molecular flexibility index (Phi) is 4.26. The van der Waals surface area contributed by atoms with Gasteiger partial charge in [0.25, 0.3) is 0 Å². The van der Waals surface area contributed by atoms with Crippen LogP contribution in [0.25, 0.3) is 0 Å². The Morgan fingerprint density at radius 2 is 1.81 bits per heavy atom. The fourth-order valence-electron chi connectivity index (χ4n) is 2.92. The van der Waals surface area contributed by atoms with E-state index in [9.17, 15) is 0 Å². The monoisotopic (exact) mass is 280 g/mol. The van der Waals surface area contributed by atoms with E-state index in [-0.39, 0.29) is 0 Å². The molecular weight excluding hydrogens is 256 g/mol. The summed E-state index contributed by atoms with van der Waals surface area (Å²) in [7, 11) is 0. The molecule has 2 heteroatoms. The van der Waals surface area contributed by atoms with Crippen LogP contribution in [0.1, 0.15) is 36.5 Å². The van der Waals surface area contributed by atoms with Crippen LogP contribution in [0, 0.1) is 0 Å². The molecule has 2 aromatic rings. The van der Waals surface area contributed by atoms with Gasteiger partial charge in [0.2, 0.25) is 0 Å². The standard InChI is InChI=1S/C19H24N2/c1-15(2)17-9-7-16(8-10-17)14-21-12-11-20-13-18-5-3-4-6-19(18)21/h3-10,15,20H,11-14H2,1-2H3. The first-order valence-corrected chi connectivity index (χ1v) is 7.86. The minimum atomic E-state index is 0.599. The van der Waals surface area contributed by atoms with Crippen LogP contribution in [-0.2, 0) is 13.1 Å². The Labute approximate surface area is 127 Å². The molecule has 0 saturated heterocycles. The molecule has 0 radical (unpaired) electrons. The van der Waals surface area contributed by atoms with Crippen molar-refractivity contribution in [3.63, 3.8) is 0 Å². The van der Waals surface area contributed by atoms with E-state index >= 15 is 0 Å². The maximum absolute atomic E-state index is 3.50. The summed E-state index contributed by atoms with van der Waals surface area (Å²) >= 11 is 0. The zero-order valence-corrected chi connectivity index (χ0v) is 13.0. The Hall–Kier alpha value is -1.80. The summed E-state index contributed by atoms with van der Waals surface area (Å²) in [5.41, 5.74) is 5.57. The Morgan fingerprint density at radius 1 is 1.05 bits per heavy atom. The molecule has 3 rings (SSSR count). The minimum Gasteiger partial charge on any atom is -0.366 e. The van der Waals surface area contributed by atoms with Crippen LogP contribution < -0.4 is 10.2 Å². The lowest BCUT2D eigenvalue weighted by Gasteiger charge is -2.25. The summed E-state index contributed by atoms with van der Waals surface area (Å²) in [5.74, 6) is 0.599. The first-order valence-electron chi connectivity index (χ1n) is 7.86. The Morgan fingerprint density at radius 3 is 2.57 bits per heavy atom.